The number of benzene rings is 1. The normalized spacial score (nSPS) is 22.9. The van der Waals surface area contributed by atoms with Crippen molar-refractivity contribution in [2.45, 2.75) is 25.4 Å². The molecule has 1 saturated carbocycles. The number of halogens is 1. The quantitative estimate of drug-likeness (QED) is 0.627. The fourth-order valence-electron chi connectivity index (χ4n) is 1.54. The molecule has 1 fully saturated rings. The van der Waals surface area contributed by atoms with Gasteiger partial charge in [0.1, 0.15) is 5.02 Å². The Kier molecular flexibility index (Phi) is 2.73. The number of rotatable bonds is 3. The van der Waals surface area contributed by atoms with Crippen LogP contribution < -0.4 is 11.1 Å². The van der Waals surface area contributed by atoms with Gasteiger partial charge in [0, 0.05) is 23.8 Å². The van der Waals surface area contributed by atoms with Crippen molar-refractivity contribution in [3.8, 4) is 0 Å². The third-order valence-electron chi connectivity index (χ3n) is 2.67. The van der Waals surface area contributed by atoms with Gasteiger partial charge in [-0.1, -0.05) is 11.6 Å². The molecule has 1 aromatic rings. The summed E-state index contributed by atoms with van der Waals surface area (Å²) in [5.74, 6) is 0. The van der Waals surface area contributed by atoms with Crippen LogP contribution in [0.5, 0.6) is 0 Å². The van der Waals surface area contributed by atoms with E-state index in [9.17, 15) is 10.1 Å². The van der Waals surface area contributed by atoms with Crippen molar-refractivity contribution in [2.24, 2.45) is 5.73 Å². The Hall–Kier alpha value is -1.33. The standard InChI is InChI=1S/C10H12ClN3O2/c1-5-2-10(14(15)16)6(11)3-8(5)13-9-4-7(9)12/h2-3,7,9,13H,4,12H2,1H3. The highest BCUT2D eigenvalue weighted by molar-refractivity contribution is 6.33. The second kappa shape index (κ2) is 3.92. The monoisotopic (exact) mass is 241 g/mol. The van der Waals surface area contributed by atoms with Crippen molar-refractivity contribution in [3.63, 3.8) is 0 Å². The Balaban J connectivity index is 2.26. The molecule has 2 unspecified atom stereocenters. The zero-order valence-electron chi connectivity index (χ0n) is 8.74. The van der Waals surface area contributed by atoms with Crippen LogP contribution >= 0.6 is 11.6 Å². The Bertz CT molecular complexity index is 450. The van der Waals surface area contributed by atoms with Gasteiger partial charge >= 0.3 is 0 Å². The number of nitrogens with one attached hydrogen (secondary N) is 1. The molecular weight excluding hydrogens is 230 g/mol. The van der Waals surface area contributed by atoms with Gasteiger partial charge in [-0.25, -0.2) is 0 Å². The number of hydrogen-bond acceptors (Lipinski definition) is 4. The number of nitrogens with two attached hydrogens (primary N) is 1. The lowest BCUT2D eigenvalue weighted by atomic mass is 10.1. The third-order valence-corrected chi connectivity index (χ3v) is 2.97. The van der Waals surface area contributed by atoms with Gasteiger partial charge in [0.2, 0.25) is 0 Å². The first kappa shape index (κ1) is 11.2. The van der Waals surface area contributed by atoms with Crippen LogP contribution in [0.4, 0.5) is 11.4 Å². The molecule has 5 nitrogen and oxygen atoms in total. The molecule has 6 heteroatoms. The Labute approximate surface area is 97.7 Å². The summed E-state index contributed by atoms with van der Waals surface area (Å²) in [5, 5.41) is 14.0. The second-order valence-corrected chi connectivity index (χ2v) is 4.43. The first-order valence-corrected chi connectivity index (χ1v) is 5.33. The molecule has 1 aliphatic carbocycles. The lowest BCUT2D eigenvalue weighted by Gasteiger charge is -2.09. The van der Waals surface area contributed by atoms with Gasteiger partial charge in [0.05, 0.1) is 4.92 Å². The molecular formula is C10H12ClN3O2. The summed E-state index contributed by atoms with van der Waals surface area (Å²) < 4.78 is 0. The third kappa shape index (κ3) is 2.10. The molecule has 2 atom stereocenters. The fourth-order valence-corrected chi connectivity index (χ4v) is 1.77. The molecule has 0 aliphatic heterocycles. The summed E-state index contributed by atoms with van der Waals surface area (Å²) in [6, 6.07) is 3.49. The van der Waals surface area contributed by atoms with Crippen LogP contribution in [0.15, 0.2) is 12.1 Å². The molecule has 1 aliphatic rings. The summed E-state index contributed by atoms with van der Waals surface area (Å²) in [6.07, 6.45) is 0.925. The average Bonchev–Trinajstić information content (AvgIpc) is 2.87. The van der Waals surface area contributed by atoms with Crippen molar-refractivity contribution in [1.29, 1.82) is 0 Å². The second-order valence-electron chi connectivity index (χ2n) is 4.03. The van der Waals surface area contributed by atoms with Crippen molar-refractivity contribution >= 4 is 23.0 Å². The largest absolute Gasteiger partial charge is 0.380 e. The Morgan fingerprint density at radius 2 is 2.25 bits per heavy atom. The summed E-state index contributed by atoms with van der Waals surface area (Å²) >= 11 is 5.82. The Morgan fingerprint density at radius 1 is 1.62 bits per heavy atom. The molecule has 0 aromatic heterocycles. The zero-order valence-corrected chi connectivity index (χ0v) is 9.49. The van der Waals surface area contributed by atoms with Crippen LogP contribution in [-0.2, 0) is 0 Å². The number of nitro groups is 1. The average molecular weight is 242 g/mol. The summed E-state index contributed by atoms with van der Waals surface area (Å²) in [5.41, 5.74) is 7.23. The molecule has 0 bridgehead atoms. The van der Waals surface area contributed by atoms with Crippen LogP contribution in [0.25, 0.3) is 0 Å². The van der Waals surface area contributed by atoms with Gasteiger partial charge in [0.15, 0.2) is 0 Å². The smallest absolute Gasteiger partial charge is 0.288 e. The number of hydrogen-bond donors (Lipinski definition) is 2. The maximum absolute atomic E-state index is 10.7. The van der Waals surface area contributed by atoms with E-state index in [1.165, 1.54) is 6.07 Å². The van der Waals surface area contributed by atoms with Gasteiger partial charge in [-0.15, -0.1) is 0 Å². The molecule has 0 amide bonds. The summed E-state index contributed by atoms with van der Waals surface area (Å²) in [6.45, 7) is 1.81. The van der Waals surface area contributed by atoms with Gasteiger partial charge < -0.3 is 11.1 Å². The van der Waals surface area contributed by atoms with Crippen LogP contribution in [0.1, 0.15) is 12.0 Å². The minimum Gasteiger partial charge on any atom is -0.380 e. The molecule has 1 aromatic carbocycles. The zero-order chi connectivity index (χ0) is 11.9. The van der Waals surface area contributed by atoms with E-state index in [0.29, 0.717) is 0 Å². The van der Waals surface area contributed by atoms with E-state index in [1.54, 1.807) is 13.0 Å². The van der Waals surface area contributed by atoms with E-state index in [0.717, 1.165) is 17.7 Å². The Morgan fingerprint density at radius 3 is 2.75 bits per heavy atom. The van der Waals surface area contributed by atoms with Gasteiger partial charge in [-0.3, -0.25) is 10.1 Å². The predicted molar refractivity (Wildman–Crippen MR) is 62.8 cm³/mol. The summed E-state index contributed by atoms with van der Waals surface area (Å²) in [7, 11) is 0. The first-order valence-electron chi connectivity index (χ1n) is 4.95. The molecule has 0 spiro atoms. The molecule has 16 heavy (non-hydrogen) atoms. The van der Waals surface area contributed by atoms with Crippen molar-refractivity contribution in [3.05, 3.63) is 32.8 Å². The van der Waals surface area contributed by atoms with Crippen molar-refractivity contribution in [2.75, 3.05) is 5.32 Å². The maximum atomic E-state index is 10.7. The topological polar surface area (TPSA) is 81.2 Å². The highest BCUT2D eigenvalue weighted by Gasteiger charge is 2.33. The number of aryl methyl sites for hydroxylation is 1. The minimum absolute atomic E-state index is 0.0650. The SMILES string of the molecule is Cc1cc([N+](=O)[O-])c(Cl)cc1NC1CC1N. The lowest BCUT2D eigenvalue weighted by Crippen LogP contribution is -2.13. The van der Waals surface area contributed by atoms with E-state index >= 15 is 0 Å². The van der Waals surface area contributed by atoms with Crippen LogP contribution in [0, 0.1) is 17.0 Å². The van der Waals surface area contributed by atoms with Crippen molar-refractivity contribution < 1.29 is 4.92 Å². The van der Waals surface area contributed by atoms with Gasteiger partial charge in [-0.2, -0.15) is 0 Å². The predicted octanol–water partition coefficient (Wildman–Crippen LogP) is 2.07. The molecule has 3 N–H and O–H groups in total. The molecule has 86 valence electrons. The maximum Gasteiger partial charge on any atom is 0.288 e. The highest BCUT2D eigenvalue weighted by atomic mass is 35.5. The van der Waals surface area contributed by atoms with E-state index in [4.69, 9.17) is 17.3 Å². The van der Waals surface area contributed by atoms with E-state index in [-0.39, 0.29) is 22.8 Å². The fraction of sp³-hybridized carbons (Fsp3) is 0.400. The summed E-state index contributed by atoms with van der Waals surface area (Å²) in [4.78, 5) is 10.2. The molecule has 0 saturated heterocycles. The molecule has 2 rings (SSSR count). The first-order chi connectivity index (χ1) is 7.49. The van der Waals surface area contributed by atoms with E-state index in [2.05, 4.69) is 5.32 Å². The minimum atomic E-state index is -0.484. The van der Waals surface area contributed by atoms with E-state index in [1.807, 2.05) is 0 Å². The van der Waals surface area contributed by atoms with Crippen molar-refractivity contribution in [1.82, 2.24) is 0 Å². The highest BCUT2D eigenvalue weighted by Crippen LogP contribution is 2.33. The van der Waals surface area contributed by atoms with Crippen LogP contribution in [0.2, 0.25) is 5.02 Å². The number of nitrogens with zero attached hydrogens (tertiary/aromatic N) is 1. The number of nitro benzene ring substituents is 1. The van der Waals surface area contributed by atoms with Gasteiger partial charge in [0.25, 0.3) is 5.69 Å². The molecule has 0 radical (unpaired) electrons. The number of anilines is 1. The van der Waals surface area contributed by atoms with E-state index < -0.39 is 4.92 Å². The van der Waals surface area contributed by atoms with Crippen LogP contribution in [-0.4, -0.2) is 17.0 Å². The van der Waals surface area contributed by atoms with Gasteiger partial charge in [-0.05, 0) is 25.0 Å². The lowest BCUT2D eigenvalue weighted by molar-refractivity contribution is -0.384. The molecule has 0 heterocycles. The van der Waals surface area contributed by atoms with Crippen LogP contribution in [0.3, 0.4) is 0 Å².